The van der Waals surface area contributed by atoms with E-state index in [9.17, 15) is 9.59 Å². The van der Waals surface area contributed by atoms with Crippen molar-refractivity contribution in [2.45, 2.75) is 12.8 Å². The lowest BCUT2D eigenvalue weighted by Gasteiger charge is -2.21. The number of fused-ring (bicyclic) bond motifs is 1. The molecule has 1 heterocycles. The van der Waals surface area contributed by atoms with Gasteiger partial charge in [-0.3, -0.25) is 9.59 Å². The van der Waals surface area contributed by atoms with Crippen LogP contribution in [0.2, 0.25) is 0 Å². The Labute approximate surface area is 139 Å². The first kappa shape index (κ1) is 14.8. The normalized spacial score (nSPS) is 15.7. The van der Waals surface area contributed by atoms with Crippen LogP contribution in [0.15, 0.2) is 42.5 Å². The third kappa shape index (κ3) is 2.85. The van der Waals surface area contributed by atoms with Crippen molar-refractivity contribution in [2.75, 3.05) is 18.5 Å². The van der Waals surface area contributed by atoms with Crippen LogP contribution in [0.4, 0.5) is 5.69 Å². The minimum atomic E-state index is -0.154. The molecule has 2 aromatic rings. The molecule has 24 heavy (non-hydrogen) atoms. The fraction of sp³-hybridized carbons (Fsp3) is 0.263. The number of hydrogen-bond acceptors (Lipinski definition) is 4. The first-order chi connectivity index (χ1) is 11.7. The van der Waals surface area contributed by atoms with E-state index in [1.165, 1.54) is 0 Å². The average Bonchev–Trinajstić information content (AvgIpc) is 3.46. The predicted octanol–water partition coefficient (Wildman–Crippen LogP) is 3.04. The Morgan fingerprint density at radius 1 is 0.958 bits per heavy atom. The Kier molecular flexibility index (Phi) is 3.69. The van der Waals surface area contributed by atoms with E-state index >= 15 is 0 Å². The minimum Gasteiger partial charge on any atom is -0.486 e. The van der Waals surface area contributed by atoms with Gasteiger partial charge < -0.3 is 14.8 Å². The molecule has 0 radical (unpaired) electrons. The molecule has 1 saturated carbocycles. The van der Waals surface area contributed by atoms with E-state index in [0.29, 0.717) is 41.5 Å². The summed E-state index contributed by atoms with van der Waals surface area (Å²) in [6.07, 6.45) is 1.80. The number of carbonyl (C=O) groups is 2. The largest absolute Gasteiger partial charge is 0.486 e. The second kappa shape index (κ2) is 6.00. The zero-order valence-electron chi connectivity index (χ0n) is 13.1. The topological polar surface area (TPSA) is 64.6 Å². The number of rotatable bonds is 4. The van der Waals surface area contributed by atoms with E-state index in [1.54, 1.807) is 24.3 Å². The van der Waals surface area contributed by atoms with Crippen LogP contribution in [-0.4, -0.2) is 24.9 Å². The van der Waals surface area contributed by atoms with Gasteiger partial charge in [-0.25, -0.2) is 0 Å². The molecule has 2 aromatic carbocycles. The molecule has 0 spiro atoms. The van der Waals surface area contributed by atoms with Crippen molar-refractivity contribution in [1.29, 1.82) is 0 Å². The van der Waals surface area contributed by atoms with Crippen molar-refractivity contribution in [3.63, 3.8) is 0 Å². The van der Waals surface area contributed by atoms with Gasteiger partial charge in [0, 0.05) is 17.5 Å². The highest BCUT2D eigenvalue weighted by atomic mass is 16.6. The van der Waals surface area contributed by atoms with Crippen LogP contribution in [0.25, 0.3) is 0 Å². The summed E-state index contributed by atoms with van der Waals surface area (Å²) >= 11 is 0. The van der Waals surface area contributed by atoms with Gasteiger partial charge in [0.1, 0.15) is 13.2 Å². The van der Waals surface area contributed by atoms with Gasteiger partial charge in [0.15, 0.2) is 17.3 Å². The van der Waals surface area contributed by atoms with Crippen molar-refractivity contribution in [3.8, 4) is 11.5 Å². The molecule has 0 unspecified atom stereocenters. The fourth-order valence-corrected chi connectivity index (χ4v) is 2.71. The maximum absolute atomic E-state index is 12.9. The Morgan fingerprint density at radius 2 is 1.62 bits per heavy atom. The third-order valence-electron chi connectivity index (χ3n) is 4.17. The monoisotopic (exact) mass is 323 g/mol. The molecule has 0 saturated heterocycles. The van der Waals surface area contributed by atoms with Crippen molar-refractivity contribution < 1.29 is 19.1 Å². The van der Waals surface area contributed by atoms with Crippen molar-refractivity contribution in [1.82, 2.24) is 0 Å². The zero-order valence-corrected chi connectivity index (χ0v) is 13.1. The summed E-state index contributed by atoms with van der Waals surface area (Å²) in [7, 11) is 0. The number of ketones is 1. The third-order valence-corrected chi connectivity index (χ3v) is 4.17. The second-order valence-electron chi connectivity index (χ2n) is 6.00. The molecule has 1 N–H and O–H groups in total. The maximum Gasteiger partial charge on any atom is 0.227 e. The summed E-state index contributed by atoms with van der Waals surface area (Å²) in [4.78, 5) is 25.0. The van der Waals surface area contributed by atoms with Gasteiger partial charge in [0.05, 0.1) is 11.3 Å². The van der Waals surface area contributed by atoms with Crippen molar-refractivity contribution in [2.24, 2.45) is 5.92 Å². The SMILES string of the molecule is O=C(c1ccccc1)c1cc2c(cc1NC(=O)C1CC1)OCCO2. The lowest BCUT2D eigenvalue weighted by atomic mass is 10.0. The van der Waals surface area contributed by atoms with Crippen LogP contribution >= 0.6 is 0 Å². The predicted molar refractivity (Wildman–Crippen MR) is 88.7 cm³/mol. The standard InChI is InChI=1S/C19H17NO4/c21-18(12-4-2-1-3-5-12)14-10-16-17(24-9-8-23-16)11-15(14)20-19(22)13-6-7-13/h1-5,10-11,13H,6-9H2,(H,20,22). The molecule has 2 aliphatic rings. The maximum atomic E-state index is 12.9. The highest BCUT2D eigenvalue weighted by Crippen LogP contribution is 2.38. The lowest BCUT2D eigenvalue weighted by Crippen LogP contribution is -2.19. The van der Waals surface area contributed by atoms with Crippen LogP contribution in [0.5, 0.6) is 11.5 Å². The van der Waals surface area contributed by atoms with E-state index < -0.39 is 0 Å². The van der Waals surface area contributed by atoms with Crippen molar-refractivity contribution in [3.05, 3.63) is 53.6 Å². The van der Waals surface area contributed by atoms with E-state index in [1.807, 2.05) is 18.2 Å². The fourth-order valence-electron chi connectivity index (χ4n) is 2.71. The average molecular weight is 323 g/mol. The quantitative estimate of drug-likeness (QED) is 0.878. The van der Waals surface area contributed by atoms with E-state index in [0.717, 1.165) is 12.8 Å². The molecule has 122 valence electrons. The summed E-state index contributed by atoms with van der Waals surface area (Å²) in [6.45, 7) is 0.898. The Morgan fingerprint density at radius 3 is 2.29 bits per heavy atom. The lowest BCUT2D eigenvalue weighted by molar-refractivity contribution is -0.117. The Hall–Kier alpha value is -2.82. The van der Waals surface area contributed by atoms with Gasteiger partial charge in [-0.15, -0.1) is 0 Å². The van der Waals surface area contributed by atoms with Gasteiger partial charge in [0.2, 0.25) is 5.91 Å². The Bertz CT molecular complexity index is 797. The zero-order chi connectivity index (χ0) is 16.5. The van der Waals surface area contributed by atoms with Crippen LogP contribution in [0.3, 0.4) is 0 Å². The molecule has 4 rings (SSSR count). The molecule has 0 aromatic heterocycles. The molecule has 1 aliphatic heterocycles. The summed E-state index contributed by atoms with van der Waals surface area (Å²) in [5.74, 6) is 0.937. The highest BCUT2D eigenvalue weighted by Gasteiger charge is 2.31. The summed E-state index contributed by atoms with van der Waals surface area (Å²) < 4.78 is 11.2. The van der Waals surface area contributed by atoms with Crippen molar-refractivity contribution >= 4 is 17.4 Å². The van der Waals surface area contributed by atoms with Crippen LogP contribution < -0.4 is 14.8 Å². The van der Waals surface area contributed by atoms with Gasteiger partial charge in [0.25, 0.3) is 0 Å². The Balaban J connectivity index is 1.74. The first-order valence-corrected chi connectivity index (χ1v) is 8.06. The van der Waals surface area contributed by atoms with Crippen LogP contribution in [0, 0.1) is 5.92 Å². The molecule has 0 atom stereocenters. The van der Waals surface area contributed by atoms with Crippen LogP contribution in [0.1, 0.15) is 28.8 Å². The van der Waals surface area contributed by atoms with E-state index in [2.05, 4.69) is 5.32 Å². The second-order valence-corrected chi connectivity index (χ2v) is 6.00. The smallest absolute Gasteiger partial charge is 0.227 e. The highest BCUT2D eigenvalue weighted by molar-refractivity contribution is 6.14. The number of benzene rings is 2. The number of nitrogens with one attached hydrogen (secondary N) is 1. The van der Waals surface area contributed by atoms with Gasteiger partial charge in [-0.1, -0.05) is 30.3 Å². The molecule has 1 fully saturated rings. The first-order valence-electron chi connectivity index (χ1n) is 8.06. The van der Waals surface area contributed by atoms with E-state index in [-0.39, 0.29) is 17.6 Å². The van der Waals surface area contributed by atoms with Crippen LogP contribution in [-0.2, 0) is 4.79 Å². The number of carbonyl (C=O) groups excluding carboxylic acids is 2. The number of amides is 1. The number of hydrogen-bond donors (Lipinski definition) is 1. The van der Waals surface area contributed by atoms with Gasteiger partial charge >= 0.3 is 0 Å². The molecular weight excluding hydrogens is 306 g/mol. The minimum absolute atomic E-state index is 0.0474. The summed E-state index contributed by atoms with van der Waals surface area (Å²) in [6, 6.07) is 12.3. The molecule has 0 bridgehead atoms. The number of anilines is 1. The summed E-state index contributed by atoms with van der Waals surface area (Å²) in [5, 5.41) is 2.88. The summed E-state index contributed by atoms with van der Waals surface area (Å²) in [5.41, 5.74) is 1.46. The van der Waals surface area contributed by atoms with Gasteiger partial charge in [-0.05, 0) is 18.9 Å². The molecular formula is C19H17NO4. The van der Waals surface area contributed by atoms with E-state index in [4.69, 9.17) is 9.47 Å². The number of ether oxygens (including phenoxy) is 2. The van der Waals surface area contributed by atoms with Gasteiger partial charge in [-0.2, -0.15) is 0 Å². The molecule has 5 heteroatoms. The molecule has 5 nitrogen and oxygen atoms in total. The molecule has 1 amide bonds. The molecule has 1 aliphatic carbocycles.